The molecular weight excluding hydrogens is 234 g/mol. The first-order valence-corrected chi connectivity index (χ1v) is 6.02. The van der Waals surface area contributed by atoms with Gasteiger partial charge in [-0.2, -0.15) is 5.26 Å². The number of rotatable bonds is 2. The van der Waals surface area contributed by atoms with Gasteiger partial charge in [0.25, 0.3) is 0 Å². The molecule has 16 heavy (non-hydrogen) atoms. The van der Waals surface area contributed by atoms with E-state index in [1.54, 1.807) is 17.8 Å². The summed E-state index contributed by atoms with van der Waals surface area (Å²) >= 11 is 6.00. The Hall–Kier alpha value is -1.37. The van der Waals surface area contributed by atoms with E-state index < -0.39 is 0 Å². The average Bonchev–Trinajstić information content (AvgIpc) is 2.33. The molecule has 1 nitrogen and oxygen atoms in total. The summed E-state index contributed by atoms with van der Waals surface area (Å²) in [5, 5.41) is 8.83. The Morgan fingerprint density at radius 2 is 1.81 bits per heavy atom. The average molecular weight is 243 g/mol. The molecule has 0 aliphatic rings. The molecule has 78 valence electrons. The smallest absolute Gasteiger partial charge is 0.0992 e. The van der Waals surface area contributed by atoms with Crippen molar-refractivity contribution in [1.82, 2.24) is 0 Å². The van der Waals surface area contributed by atoms with E-state index in [0.29, 0.717) is 5.56 Å². The van der Waals surface area contributed by atoms with Crippen LogP contribution < -0.4 is 0 Å². The Labute approximate surface area is 105 Å². The number of nitrogens with zero attached hydrogens (tertiary/aromatic N) is 1. The first kappa shape index (κ1) is 11.1. The molecule has 0 N–H and O–H groups in total. The van der Waals surface area contributed by atoms with Crippen LogP contribution in [0.15, 0.2) is 63.2 Å². The number of nitriles is 1. The zero-order valence-corrected chi connectivity index (χ0v) is 10.1. The Balaban J connectivity index is 2.31. The summed E-state index contributed by atoms with van der Waals surface area (Å²) in [6.45, 7) is 0. The second kappa shape index (κ2) is 5.11. The first-order chi connectivity index (χ1) is 7.79. The lowest BCUT2D eigenvalue weighted by atomic mass is 10.2. The third-order valence-corrected chi connectivity index (χ3v) is 3.67. The summed E-state index contributed by atoms with van der Waals surface area (Å²) in [4.78, 5) is 3.05. The maximum absolute atomic E-state index is 8.83. The number of benzene rings is 2. The van der Waals surface area contributed by atoms with Gasteiger partial charge in [0, 0.05) is 14.7 Å². The molecule has 0 aromatic heterocycles. The van der Waals surface area contributed by atoms with Gasteiger partial charge in [0.2, 0.25) is 0 Å². The van der Waals surface area contributed by atoms with Gasteiger partial charge in [0.1, 0.15) is 0 Å². The quantitative estimate of drug-likeness (QED) is 0.806. The van der Waals surface area contributed by atoms with Crippen LogP contribution in [0.1, 0.15) is 5.56 Å². The Morgan fingerprint density at radius 1 is 1.06 bits per heavy atom. The van der Waals surface area contributed by atoms with Crippen LogP contribution in [0.25, 0.3) is 0 Å². The summed E-state index contributed by atoms with van der Waals surface area (Å²) in [7, 11) is 0. The molecule has 0 saturated heterocycles. The zero-order valence-electron chi connectivity index (χ0n) is 8.42. The van der Waals surface area contributed by atoms with Gasteiger partial charge in [-0.3, -0.25) is 0 Å². The van der Waals surface area contributed by atoms with E-state index in [2.05, 4.69) is 18.7 Å². The minimum atomic E-state index is 0.663. The van der Waals surface area contributed by atoms with Crippen molar-refractivity contribution >= 4 is 24.4 Å². The molecule has 0 unspecified atom stereocenters. The fourth-order valence-electron chi connectivity index (χ4n) is 1.28. The second-order valence-electron chi connectivity index (χ2n) is 3.21. The first-order valence-electron chi connectivity index (χ1n) is 4.75. The summed E-state index contributed by atoms with van der Waals surface area (Å²) in [6, 6.07) is 17.7. The van der Waals surface area contributed by atoms with Crippen LogP contribution in [0.3, 0.4) is 0 Å². The van der Waals surface area contributed by atoms with E-state index >= 15 is 0 Å². The lowest BCUT2D eigenvalue weighted by Crippen LogP contribution is -1.79. The molecule has 2 aromatic carbocycles. The normalized spacial score (nSPS) is 9.75. The van der Waals surface area contributed by atoms with E-state index in [0.717, 1.165) is 14.7 Å². The molecule has 0 fully saturated rings. The van der Waals surface area contributed by atoms with Gasteiger partial charge in [0.15, 0.2) is 0 Å². The summed E-state index contributed by atoms with van der Waals surface area (Å²) in [5.41, 5.74) is 0.663. The molecular formula is C13H9NS2. The largest absolute Gasteiger partial charge is 0.192 e. The zero-order chi connectivity index (χ0) is 11.4. The molecule has 0 bridgehead atoms. The second-order valence-corrected chi connectivity index (χ2v) is 4.81. The van der Waals surface area contributed by atoms with E-state index in [-0.39, 0.29) is 0 Å². The molecule has 2 aromatic rings. The fraction of sp³-hybridized carbons (Fsp3) is 0. The molecule has 0 aliphatic heterocycles. The highest BCUT2D eigenvalue weighted by molar-refractivity contribution is 7.99. The third-order valence-electron chi connectivity index (χ3n) is 2.06. The van der Waals surface area contributed by atoms with Crippen LogP contribution >= 0.6 is 24.4 Å². The highest BCUT2D eigenvalue weighted by Crippen LogP contribution is 2.32. The van der Waals surface area contributed by atoms with Gasteiger partial charge in [-0.25, -0.2) is 0 Å². The van der Waals surface area contributed by atoms with Gasteiger partial charge >= 0.3 is 0 Å². The van der Waals surface area contributed by atoms with Crippen LogP contribution in [0.4, 0.5) is 0 Å². The lowest BCUT2D eigenvalue weighted by molar-refractivity contribution is 1.23. The Morgan fingerprint density at radius 3 is 2.50 bits per heavy atom. The summed E-state index contributed by atoms with van der Waals surface area (Å²) in [6.07, 6.45) is 0. The predicted octanol–water partition coefficient (Wildman–Crippen LogP) is 4.00. The van der Waals surface area contributed by atoms with E-state index in [9.17, 15) is 0 Å². The highest BCUT2D eigenvalue weighted by atomic mass is 32.2. The van der Waals surface area contributed by atoms with Gasteiger partial charge in [-0.1, -0.05) is 30.0 Å². The monoisotopic (exact) mass is 243 g/mol. The van der Waals surface area contributed by atoms with Crippen LogP contribution in [0, 0.1) is 11.3 Å². The summed E-state index contributed by atoms with van der Waals surface area (Å²) in [5.74, 6) is 0. The minimum Gasteiger partial charge on any atom is -0.192 e. The number of hydrogen-bond donors (Lipinski definition) is 1. The maximum Gasteiger partial charge on any atom is 0.0992 e. The van der Waals surface area contributed by atoms with Gasteiger partial charge in [-0.15, -0.1) is 12.6 Å². The van der Waals surface area contributed by atoms with Crippen LogP contribution in [0.2, 0.25) is 0 Å². The number of thiol groups is 1. The molecule has 0 atom stereocenters. The Bertz CT molecular complexity index is 529. The van der Waals surface area contributed by atoms with Crippen molar-refractivity contribution in [2.24, 2.45) is 0 Å². The molecule has 2 rings (SSSR count). The SMILES string of the molecule is N#Cc1ccc(S)c(Sc2ccccc2)c1. The van der Waals surface area contributed by atoms with Crippen LogP contribution in [0.5, 0.6) is 0 Å². The third kappa shape index (κ3) is 2.60. The standard InChI is InChI=1S/C13H9NS2/c14-9-10-6-7-12(15)13(8-10)16-11-4-2-1-3-5-11/h1-8,15H. The van der Waals surface area contributed by atoms with Crippen molar-refractivity contribution < 1.29 is 0 Å². The van der Waals surface area contributed by atoms with Crippen molar-refractivity contribution in [3.63, 3.8) is 0 Å². The van der Waals surface area contributed by atoms with Crippen molar-refractivity contribution in [2.75, 3.05) is 0 Å². The van der Waals surface area contributed by atoms with Crippen molar-refractivity contribution in [3.8, 4) is 6.07 Å². The van der Waals surface area contributed by atoms with Crippen molar-refractivity contribution in [3.05, 3.63) is 54.1 Å². The van der Waals surface area contributed by atoms with E-state index in [1.807, 2.05) is 42.5 Å². The molecule has 0 saturated carbocycles. The topological polar surface area (TPSA) is 23.8 Å². The van der Waals surface area contributed by atoms with E-state index in [4.69, 9.17) is 5.26 Å². The van der Waals surface area contributed by atoms with Crippen molar-refractivity contribution in [1.29, 1.82) is 5.26 Å². The van der Waals surface area contributed by atoms with Crippen molar-refractivity contribution in [2.45, 2.75) is 14.7 Å². The molecule has 0 spiro atoms. The maximum atomic E-state index is 8.83. The molecule has 0 radical (unpaired) electrons. The van der Waals surface area contributed by atoms with Crippen LogP contribution in [-0.2, 0) is 0 Å². The fourth-order valence-corrected chi connectivity index (χ4v) is 2.46. The van der Waals surface area contributed by atoms with E-state index in [1.165, 1.54) is 0 Å². The summed E-state index contributed by atoms with van der Waals surface area (Å²) < 4.78 is 0. The van der Waals surface area contributed by atoms with Gasteiger partial charge < -0.3 is 0 Å². The lowest BCUT2D eigenvalue weighted by Gasteiger charge is -2.04. The van der Waals surface area contributed by atoms with Gasteiger partial charge in [-0.05, 0) is 30.3 Å². The van der Waals surface area contributed by atoms with Gasteiger partial charge in [0.05, 0.1) is 11.6 Å². The molecule has 0 aliphatic carbocycles. The Kier molecular flexibility index (Phi) is 3.55. The minimum absolute atomic E-state index is 0.663. The molecule has 0 heterocycles. The molecule has 0 amide bonds. The highest BCUT2D eigenvalue weighted by Gasteiger charge is 2.02. The predicted molar refractivity (Wildman–Crippen MR) is 69.0 cm³/mol. The van der Waals surface area contributed by atoms with Crippen LogP contribution in [-0.4, -0.2) is 0 Å². The number of hydrogen-bond acceptors (Lipinski definition) is 3. The molecule has 3 heteroatoms.